The van der Waals surface area contributed by atoms with E-state index in [1.807, 2.05) is 6.92 Å². The molecule has 0 aliphatic heterocycles. The van der Waals surface area contributed by atoms with Crippen LogP contribution in [0.15, 0.2) is 18.2 Å². The molecule has 2 N–H and O–H groups in total. The molecule has 0 saturated heterocycles. The van der Waals surface area contributed by atoms with Gasteiger partial charge in [-0.1, -0.05) is 0 Å². The first-order valence-corrected chi connectivity index (χ1v) is 5.40. The third-order valence-corrected chi connectivity index (χ3v) is 2.58. The van der Waals surface area contributed by atoms with Crippen molar-refractivity contribution in [1.29, 1.82) is 0 Å². The third-order valence-electron chi connectivity index (χ3n) is 2.58. The highest BCUT2D eigenvalue weighted by Gasteiger charge is 2.12. The van der Waals surface area contributed by atoms with Gasteiger partial charge in [0.1, 0.15) is 5.82 Å². The van der Waals surface area contributed by atoms with Gasteiger partial charge in [-0.2, -0.15) is 0 Å². The molecule has 1 unspecified atom stereocenters. The predicted octanol–water partition coefficient (Wildman–Crippen LogP) is 2.69. The van der Waals surface area contributed by atoms with E-state index in [9.17, 15) is 4.39 Å². The lowest BCUT2D eigenvalue weighted by atomic mass is 10.1. The SMILES string of the molecule is CCN(CC)c1ccc(F)cc1C(C)N. The summed E-state index contributed by atoms with van der Waals surface area (Å²) in [5, 5.41) is 0. The standard InChI is InChI=1S/C12H19FN2/c1-4-15(5-2)12-7-6-10(13)8-11(12)9(3)14/h6-9H,4-5,14H2,1-3H3. The smallest absolute Gasteiger partial charge is 0.123 e. The topological polar surface area (TPSA) is 29.3 Å². The van der Waals surface area contributed by atoms with Gasteiger partial charge in [0, 0.05) is 24.8 Å². The van der Waals surface area contributed by atoms with Crippen molar-refractivity contribution in [2.75, 3.05) is 18.0 Å². The number of nitrogens with two attached hydrogens (primary N) is 1. The summed E-state index contributed by atoms with van der Waals surface area (Å²) in [6, 6.07) is 4.68. The van der Waals surface area contributed by atoms with Crippen molar-refractivity contribution in [1.82, 2.24) is 0 Å². The summed E-state index contributed by atoms with van der Waals surface area (Å²) in [4.78, 5) is 2.18. The normalized spacial score (nSPS) is 12.6. The summed E-state index contributed by atoms with van der Waals surface area (Å²) in [5.74, 6) is -0.224. The van der Waals surface area contributed by atoms with Gasteiger partial charge in [-0.15, -0.1) is 0 Å². The van der Waals surface area contributed by atoms with E-state index in [-0.39, 0.29) is 11.9 Å². The molecule has 0 aliphatic rings. The van der Waals surface area contributed by atoms with Crippen LogP contribution < -0.4 is 10.6 Å². The minimum Gasteiger partial charge on any atom is -0.372 e. The highest BCUT2D eigenvalue weighted by atomic mass is 19.1. The third kappa shape index (κ3) is 2.69. The Morgan fingerprint density at radius 3 is 2.40 bits per heavy atom. The van der Waals surface area contributed by atoms with Crippen molar-refractivity contribution in [2.24, 2.45) is 5.73 Å². The average Bonchev–Trinajstić information content (AvgIpc) is 2.21. The van der Waals surface area contributed by atoms with Gasteiger partial charge in [0.05, 0.1) is 0 Å². The Hall–Kier alpha value is -1.09. The van der Waals surface area contributed by atoms with E-state index in [1.54, 1.807) is 6.07 Å². The van der Waals surface area contributed by atoms with Crippen LogP contribution in [0.5, 0.6) is 0 Å². The van der Waals surface area contributed by atoms with Gasteiger partial charge in [0.25, 0.3) is 0 Å². The number of halogens is 1. The van der Waals surface area contributed by atoms with Gasteiger partial charge in [0.2, 0.25) is 0 Å². The van der Waals surface area contributed by atoms with Crippen LogP contribution in [0.3, 0.4) is 0 Å². The van der Waals surface area contributed by atoms with E-state index in [4.69, 9.17) is 5.73 Å². The molecule has 0 radical (unpaired) electrons. The summed E-state index contributed by atoms with van der Waals surface area (Å²) in [7, 11) is 0. The first kappa shape index (κ1) is 12.0. The minimum absolute atomic E-state index is 0.142. The van der Waals surface area contributed by atoms with Crippen LogP contribution in [0, 0.1) is 5.82 Å². The second-order valence-electron chi connectivity index (χ2n) is 3.66. The predicted molar refractivity (Wildman–Crippen MR) is 62.6 cm³/mol. The lowest BCUT2D eigenvalue weighted by Crippen LogP contribution is -2.24. The Bertz CT molecular complexity index is 319. The Kier molecular flexibility index (Phi) is 4.09. The molecule has 0 fully saturated rings. The van der Waals surface area contributed by atoms with Crippen LogP contribution >= 0.6 is 0 Å². The van der Waals surface area contributed by atoms with E-state index >= 15 is 0 Å². The van der Waals surface area contributed by atoms with E-state index in [0.29, 0.717) is 0 Å². The molecule has 15 heavy (non-hydrogen) atoms. The highest BCUT2D eigenvalue weighted by molar-refractivity contribution is 5.54. The van der Waals surface area contributed by atoms with Gasteiger partial charge < -0.3 is 10.6 Å². The van der Waals surface area contributed by atoms with Crippen LogP contribution in [-0.2, 0) is 0 Å². The summed E-state index contributed by atoms with van der Waals surface area (Å²) < 4.78 is 13.1. The van der Waals surface area contributed by atoms with Crippen LogP contribution in [0.1, 0.15) is 32.4 Å². The molecule has 3 heteroatoms. The monoisotopic (exact) mass is 210 g/mol. The number of benzene rings is 1. The molecule has 1 rings (SSSR count). The summed E-state index contributed by atoms with van der Waals surface area (Å²) in [5.41, 5.74) is 7.75. The average molecular weight is 210 g/mol. The van der Waals surface area contributed by atoms with Crippen LogP contribution in [0.2, 0.25) is 0 Å². The molecule has 0 aromatic heterocycles. The fourth-order valence-electron chi connectivity index (χ4n) is 1.74. The summed E-state index contributed by atoms with van der Waals surface area (Å²) in [6.07, 6.45) is 0. The van der Waals surface area contributed by atoms with Crippen molar-refractivity contribution >= 4 is 5.69 Å². The zero-order valence-corrected chi connectivity index (χ0v) is 9.63. The largest absolute Gasteiger partial charge is 0.372 e. The maximum atomic E-state index is 13.1. The number of hydrogen-bond acceptors (Lipinski definition) is 2. The van der Waals surface area contributed by atoms with E-state index in [2.05, 4.69) is 18.7 Å². The minimum atomic E-state index is -0.224. The fourth-order valence-corrected chi connectivity index (χ4v) is 1.74. The Morgan fingerprint density at radius 1 is 1.33 bits per heavy atom. The van der Waals surface area contributed by atoms with Gasteiger partial charge in [-0.25, -0.2) is 4.39 Å². The van der Waals surface area contributed by atoms with Crippen LogP contribution in [0.25, 0.3) is 0 Å². The van der Waals surface area contributed by atoms with Crippen molar-refractivity contribution in [3.63, 3.8) is 0 Å². The Labute approximate surface area is 90.9 Å². The Balaban J connectivity index is 3.15. The molecule has 0 heterocycles. The Morgan fingerprint density at radius 2 is 1.93 bits per heavy atom. The van der Waals surface area contributed by atoms with Gasteiger partial charge in [-0.3, -0.25) is 0 Å². The van der Waals surface area contributed by atoms with E-state index in [1.165, 1.54) is 12.1 Å². The molecule has 2 nitrogen and oxygen atoms in total. The van der Waals surface area contributed by atoms with Crippen LogP contribution in [-0.4, -0.2) is 13.1 Å². The zero-order chi connectivity index (χ0) is 11.4. The molecule has 0 bridgehead atoms. The molecular weight excluding hydrogens is 191 g/mol. The summed E-state index contributed by atoms with van der Waals surface area (Å²) in [6.45, 7) is 7.85. The molecule has 1 aromatic rings. The van der Waals surface area contributed by atoms with Crippen molar-refractivity contribution in [3.05, 3.63) is 29.6 Å². The van der Waals surface area contributed by atoms with Crippen molar-refractivity contribution < 1.29 is 4.39 Å². The first-order chi connectivity index (χ1) is 7.10. The number of anilines is 1. The maximum Gasteiger partial charge on any atom is 0.123 e. The summed E-state index contributed by atoms with van der Waals surface area (Å²) >= 11 is 0. The second kappa shape index (κ2) is 5.12. The quantitative estimate of drug-likeness (QED) is 0.828. The molecule has 84 valence electrons. The zero-order valence-electron chi connectivity index (χ0n) is 9.63. The van der Waals surface area contributed by atoms with Gasteiger partial charge >= 0.3 is 0 Å². The van der Waals surface area contributed by atoms with E-state index in [0.717, 1.165) is 24.3 Å². The molecule has 0 aliphatic carbocycles. The lowest BCUT2D eigenvalue weighted by molar-refractivity contribution is 0.621. The van der Waals surface area contributed by atoms with E-state index < -0.39 is 0 Å². The molecule has 1 aromatic carbocycles. The second-order valence-corrected chi connectivity index (χ2v) is 3.66. The first-order valence-electron chi connectivity index (χ1n) is 5.40. The van der Waals surface area contributed by atoms with Crippen molar-refractivity contribution in [3.8, 4) is 0 Å². The molecule has 1 atom stereocenters. The maximum absolute atomic E-state index is 13.1. The lowest BCUT2D eigenvalue weighted by Gasteiger charge is -2.25. The van der Waals surface area contributed by atoms with Crippen molar-refractivity contribution in [2.45, 2.75) is 26.8 Å². The fraction of sp³-hybridized carbons (Fsp3) is 0.500. The number of hydrogen-bond donors (Lipinski definition) is 1. The molecule has 0 spiro atoms. The molecule has 0 saturated carbocycles. The molecule has 0 amide bonds. The number of rotatable bonds is 4. The molecular formula is C12H19FN2. The van der Waals surface area contributed by atoms with Crippen LogP contribution in [0.4, 0.5) is 10.1 Å². The highest BCUT2D eigenvalue weighted by Crippen LogP contribution is 2.25. The van der Waals surface area contributed by atoms with Gasteiger partial charge in [-0.05, 0) is 44.5 Å². The van der Waals surface area contributed by atoms with Gasteiger partial charge in [0.15, 0.2) is 0 Å². The number of nitrogens with zero attached hydrogens (tertiary/aromatic N) is 1.